The molecule has 0 unspecified atom stereocenters. The molecule has 0 aliphatic rings. The van der Waals surface area contributed by atoms with Crippen LogP contribution in [0.15, 0.2) is 72.4 Å². The molecule has 0 spiro atoms. The van der Waals surface area contributed by atoms with E-state index < -0.39 is 0 Å². The molecule has 0 aromatic heterocycles. The van der Waals surface area contributed by atoms with Gasteiger partial charge in [-0.1, -0.05) is 77.9 Å². The van der Waals surface area contributed by atoms with Gasteiger partial charge in [-0.2, -0.15) is 0 Å². The van der Waals surface area contributed by atoms with Crippen molar-refractivity contribution in [1.29, 1.82) is 0 Å². The summed E-state index contributed by atoms with van der Waals surface area (Å²) >= 11 is 0. The zero-order valence-corrected chi connectivity index (χ0v) is 13.0. The maximum absolute atomic E-state index is 3.89. The van der Waals surface area contributed by atoms with Crippen LogP contribution in [0.3, 0.4) is 0 Å². The summed E-state index contributed by atoms with van der Waals surface area (Å²) in [5.74, 6) is 0. The minimum Gasteiger partial charge on any atom is -0.0991 e. The van der Waals surface area contributed by atoms with Crippen molar-refractivity contribution in [2.75, 3.05) is 0 Å². The van der Waals surface area contributed by atoms with E-state index in [0.717, 1.165) is 5.57 Å². The van der Waals surface area contributed by atoms with E-state index in [0.29, 0.717) is 0 Å². The fourth-order valence-corrected chi connectivity index (χ4v) is 1.54. The van der Waals surface area contributed by atoms with Crippen LogP contribution in [0.5, 0.6) is 0 Å². The monoisotopic (exact) mass is 254 g/mol. The van der Waals surface area contributed by atoms with Crippen LogP contribution in [0, 0.1) is 13.8 Å². The highest BCUT2D eigenvalue weighted by molar-refractivity contribution is 5.40. The number of rotatable bonds is 3. The van der Waals surface area contributed by atoms with E-state index in [1.54, 1.807) is 6.08 Å². The molecule has 0 saturated heterocycles. The van der Waals surface area contributed by atoms with Gasteiger partial charge in [-0.25, -0.2) is 0 Å². The third-order valence-corrected chi connectivity index (χ3v) is 2.62. The average Bonchev–Trinajstić information content (AvgIpc) is 2.33. The van der Waals surface area contributed by atoms with Crippen molar-refractivity contribution in [3.8, 4) is 0 Å². The highest BCUT2D eigenvalue weighted by Crippen LogP contribution is 2.13. The summed E-state index contributed by atoms with van der Waals surface area (Å²) in [4.78, 5) is 0. The molecule has 1 aromatic rings. The second-order valence-corrected chi connectivity index (χ2v) is 4.94. The number of hydrogen-bond acceptors (Lipinski definition) is 0. The molecule has 0 saturated carbocycles. The van der Waals surface area contributed by atoms with Gasteiger partial charge in [0, 0.05) is 0 Å². The van der Waals surface area contributed by atoms with Gasteiger partial charge in [-0.3, -0.25) is 0 Å². The summed E-state index contributed by atoms with van der Waals surface area (Å²) < 4.78 is 0. The van der Waals surface area contributed by atoms with Crippen molar-refractivity contribution in [1.82, 2.24) is 0 Å². The molecule has 102 valence electrons. The normalized spacial score (nSPS) is 9.53. The van der Waals surface area contributed by atoms with Gasteiger partial charge in [-0.05, 0) is 40.2 Å². The molecule has 0 bridgehead atoms. The van der Waals surface area contributed by atoms with Gasteiger partial charge in [0.2, 0.25) is 0 Å². The Bertz CT molecular complexity index is 442. The smallest absolute Gasteiger partial charge is 0.0247 e. The van der Waals surface area contributed by atoms with Gasteiger partial charge in [0.05, 0.1) is 0 Å². The van der Waals surface area contributed by atoms with Crippen LogP contribution >= 0.6 is 0 Å². The van der Waals surface area contributed by atoms with Crippen LogP contribution in [0.2, 0.25) is 0 Å². The second-order valence-electron chi connectivity index (χ2n) is 4.94. The standard InChI is InChI=1S/C11H16.C8H10/c1-6-7-8-11(9(2)3)10(4)5;1-7-3-5-8(2)6-4-7/h6-8H,1-2H2,3-5H3;3-6H,1-2H3/b8-7-;. The number of allylic oxidation sites excluding steroid dienone is 6. The minimum atomic E-state index is 1.10. The van der Waals surface area contributed by atoms with Crippen molar-refractivity contribution in [2.45, 2.75) is 34.6 Å². The van der Waals surface area contributed by atoms with Crippen LogP contribution in [0.1, 0.15) is 31.9 Å². The van der Waals surface area contributed by atoms with E-state index in [-0.39, 0.29) is 0 Å². The lowest BCUT2D eigenvalue weighted by atomic mass is 10.0. The summed E-state index contributed by atoms with van der Waals surface area (Å²) in [5, 5.41) is 0. The quantitative estimate of drug-likeness (QED) is 0.585. The molecular formula is C19H26. The summed E-state index contributed by atoms with van der Waals surface area (Å²) in [5.41, 5.74) is 6.26. The van der Waals surface area contributed by atoms with Crippen LogP contribution in [-0.2, 0) is 0 Å². The molecule has 1 rings (SSSR count). The molecule has 0 nitrogen and oxygen atoms in total. The van der Waals surface area contributed by atoms with Crippen LogP contribution in [0.4, 0.5) is 0 Å². The summed E-state index contributed by atoms with van der Waals surface area (Å²) in [6.07, 6.45) is 5.73. The van der Waals surface area contributed by atoms with Crippen LogP contribution in [0.25, 0.3) is 0 Å². The highest BCUT2D eigenvalue weighted by Gasteiger charge is 1.93. The van der Waals surface area contributed by atoms with E-state index in [1.807, 2.05) is 19.1 Å². The molecule has 0 radical (unpaired) electrons. The fraction of sp³-hybridized carbons (Fsp3) is 0.263. The molecule has 0 atom stereocenters. The number of aryl methyl sites for hydroxylation is 2. The third-order valence-electron chi connectivity index (χ3n) is 2.62. The van der Waals surface area contributed by atoms with Crippen molar-refractivity contribution < 1.29 is 0 Å². The van der Waals surface area contributed by atoms with Crippen molar-refractivity contribution in [3.05, 3.63) is 83.5 Å². The largest absolute Gasteiger partial charge is 0.0991 e. The maximum Gasteiger partial charge on any atom is -0.0247 e. The Hall–Kier alpha value is -1.82. The van der Waals surface area contributed by atoms with Gasteiger partial charge in [0.1, 0.15) is 0 Å². The average molecular weight is 254 g/mol. The first kappa shape index (κ1) is 17.2. The summed E-state index contributed by atoms with van der Waals surface area (Å²) in [7, 11) is 0. The SMILES string of the molecule is C=C/C=C\C(C(=C)C)=C(C)C.Cc1ccc(C)cc1. The van der Waals surface area contributed by atoms with Gasteiger partial charge < -0.3 is 0 Å². The first-order chi connectivity index (χ1) is 8.88. The van der Waals surface area contributed by atoms with Crippen molar-refractivity contribution in [2.24, 2.45) is 0 Å². The Kier molecular flexibility index (Phi) is 8.28. The van der Waals surface area contributed by atoms with Crippen LogP contribution < -0.4 is 0 Å². The zero-order valence-electron chi connectivity index (χ0n) is 13.0. The zero-order chi connectivity index (χ0) is 14.8. The van der Waals surface area contributed by atoms with E-state index in [1.165, 1.54) is 22.3 Å². The molecule has 0 aliphatic carbocycles. The van der Waals surface area contributed by atoms with Gasteiger partial charge in [0.15, 0.2) is 0 Å². The number of benzene rings is 1. The Labute approximate surface area is 118 Å². The molecule has 19 heavy (non-hydrogen) atoms. The Balaban J connectivity index is 0.000000356. The lowest BCUT2D eigenvalue weighted by molar-refractivity contribution is 1.29. The second kappa shape index (κ2) is 9.16. The summed E-state index contributed by atoms with van der Waals surface area (Å²) in [6.45, 7) is 17.9. The Morgan fingerprint density at radius 3 is 1.63 bits per heavy atom. The molecule has 0 amide bonds. The minimum absolute atomic E-state index is 1.10. The first-order valence-corrected chi connectivity index (χ1v) is 6.54. The number of hydrogen-bond donors (Lipinski definition) is 0. The van der Waals surface area contributed by atoms with Gasteiger partial charge >= 0.3 is 0 Å². The van der Waals surface area contributed by atoms with Crippen LogP contribution in [-0.4, -0.2) is 0 Å². The molecule has 0 heterocycles. The molecule has 0 heteroatoms. The molecule has 0 aliphatic heterocycles. The Morgan fingerprint density at radius 1 is 0.947 bits per heavy atom. The van der Waals surface area contributed by atoms with E-state index in [4.69, 9.17) is 0 Å². The first-order valence-electron chi connectivity index (χ1n) is 6.54. The predicted octanol–water partition coefficient (Wildman–Crippen LogP) is 5.94. The van der Waals surface area contributed by atoms with Crippen molar-refractivity contribution >= 4 is 0 Å². The topological polar surface area (TPSA) is 0 Å². The lowest BCUT2D eigenvalue weighted by Crippen LogP contribution is -1.82. The van der Waals surface area contributed by atoms with E-state index >= 15 is 0 Å². The predicted molar refractivity (Wildman–Crippen MR) is 88.4 cm³/mol. The molecular weight excluding hydrogens is 228 g/mol. The van der Waals surface area contributed by atoms with Gasteiger partial charge in [-0.15, -0.1) is 0 Å². The van der Waals surface area contributed by atoms with E-state index in [9.17, 15) is 0 Å². The van der Waals surface area contributed by atoms with Gasteiger partial charge in [0.25, 0.3) is 0 Å². The third kappa shape index (κ3) is 7.99. The van der Waals surface area contributed by atoms with E-state index in [2.05, 4.69) is 65.1 Å². The maximum atomic E-state index is 3.89. The molecule has 1 aromatic carbocycles. The summed E-state index contributed by atoms with van der Waals surface area (Å²) in [6, 6.07) is 8.48. The fourth-order valence-electron chi connectivity index (χ4n) is 1.54. The molecule has 0 N–H and O–H groups in total. The molecule has 0 fully saturated rings. The van der Waals surface area contributed by atoms with Crippen molar-refractivity contribution in [3.63, 3.8) is 0 Å². The lowest BCUT2D eigenvalue weighted by Gasteiger charge is -2.02. The Morgan fingerprint density at radius 2 is 1.37 bits per heavy atom. The highest BCUT2D eigenvalue weighted by atomic mass is 14.0.